The molecule has 0 radical (unpaired) electrons. The molecular weight excluding hydrogens is 238 g/mol. The van der Waals surface area contributed by atoms with Crippen LogP contribution in [-0.2, 0) is 6.54 Å². The van der Waals surface area contributed by atoms with Crippen molar-refractivity contribution in [1.29, 1.82) is 5.41 Å². The van der Waals surface area contributed by atoms with Gasteiger partial charge in [0.25, 0.3) is 0 Å². The maximum absolute atomic E-state index is 7.87. The van der Waals surface area contributed by atoms with Gasteiger partial charge in [-0.25, -0.2) is 0 Å². The Hall–Kier alpha value is -1.65. The van der Waals surface area contributed by atoms with Gasteiger partial charge in [0, 0.05) is 24.5 Å². The minimum absolute atomic E-state index is 0.481. The van der Waals surface area contributed by atoms with Gasteiger partial charge in [-0.1, -0.05) is 23.7 Å². The molecule has 0 aliphatic heterocycles. The van der Waals surface area contributed by atoms with E-state index in [-0.39, 0.29) is 0 Å². The number of benzene rings is 1. The molecule has 0 spiro atoms. The minimum atomic E-state index is 0.481. The highest BCUT2D eigenvalue weighted by Crippen LogP contribution is 2.10. The number of rotatable bonds is 3. The fraction of sp³-hybridized carbons (Fsp3) is 0.167. The number of nitrogens with zero attached hydrogens (tertiary/aromatic N) is 2. The topological polar surface area (TPSA) is 61.9 Å². The van der Waals surface area contributed by atoms with Crippen LogP contribution in [0.15, 0.2) is 42.7 Å². The van der Waals surface area contributed by atoms with E-state index in [9.17, 15) is 0 Å². The molecule has 0 atom stereocenters. The fourth-order valence-electron chi connectivity index (χ4n) is 1.30. The van der Waals surface area contributed by atoms with Crippen LogP contribution in [0, 0.1) is 5.41 Å². The average molecular weight is 252 g/mol. The van der Waals surface area contributed by atoms with Crippen LogP contribution in [0.3, 0.4) is 0 Å². The maximum atomic E-state index is 7.87. The third-order valence-electron chi connectivity index (χ3n) is 2.07. The molecular formula is C12H14ClN3O. The standard InChI is InChI=1S/C11H10ClN3.CH4O/c12-10-4-2-9(3-5-10)11(13)8-15-7-1-6-14-15;1-2/h1-7,13H,8H2;2H,1H3. The highest BCUT2D eigenvalue weighted by atomic mass is 35.5. The maximum Gasteiger partial charge on any atom is 0.0830 e. The van der Waals surface area contributed by atoms with E-state index in [1.807, 2.05) is 24.4 Å². The van der Waals surface area contributed by atoms with Crippen LogP contribution < -0.4 is 0 Å². The first kappa shape index (κ1) is 13.4. The Balaban J connectivity index is 0.000000686. The first-order valence-corrected chi connectivity index (χ1v) is 5.39. The highest BCUT2D eigenvalue weighted by molar-refractivity contribution is 6.30. The Labute approximate surface area is 105 Å². The third kappa shape index (κ3) is 4.01. The summed E-state index contributed by atoms with van der Waals surface area (Å²) in [6.45, 7) is 0.481. The van der Waals surface area contributed by atoms with Gasteiger partial charge in [-0.05, 0) is 23.8 Å². The quantitative estimate of drug-likeness (QED) is 0.822. The van der Waals surface area contributed by atoms with Gasteiger partial charge >= 0.3 is 0 Å². The molecule has 2 aromatic rings. The second kappa shape index (κ2) is 6.83. The Morgan fingerprint density at radius 3 is 2.53 bits per heavy atom. The van der Waals surface area contributed by atoms with Crippen molar-refractivity contribution in [3.05, 3.63) is 53.3 Å². The van der Waals surface area contributed by atoms with Crippen molar-refractivity contribution in [2.75, 3.05) is 7.11 Å². The Kier molecular flexibility index (Phi) is 5.39. The number of halogens is 1. The molecule has 17 heavy (non-hydrogen) atoms. The third-order valence-corrected chi connectivity index (χ3v) is 2.32. The summed E-state index contributed by atoms with van der Waals surface area (Å²) in [6, 6.07) is 9.10. The molecule has 0 saturated heterocycles. The molecule has 1 aromatic carbocycles. The SMILES string of the molecule is CO.N=C(Cn1cccn1)c1ccc(Cl)cc1. The van der Waals surface area contributed by atoms with Gasteiger partial charge in [-0.3, -0.25) is 4.68 Å². The van der Waals surface area contributed by atoms with E-state index >= 15 is 0 Å². The number of aromatic nitrogens is 2. The van der Waals surface area contributed by atoms with Gasteiger partial charge in [-0.15, -0.1) is 0 Å². The zero-order chi connectivity index (χ0) is 12.7. The van der Waals surface area contributed by atoms with Gasteiger partial charge in [-0.2, -0.15) is 5.10 Å². The first-order valence-electron chi connectivity index (χ1n) is 5.01. The van der Waals surface area contributed by atoms with Crippen LogP contribution in [0.4, 0.5) is 0 Å². The van der Waals surface area contributed by atoms with Crippen LogP contribution in [0.1, 0.15) is 5.56 Å². The van der Waals surface area contributed by atoms with E-state index in [4.69, 9.17) is 22.1 Å². The molecule has 0 amide bonds. The lowest BCUT2D eigenvalue weighted by Gasteiger charge is -2.04. The summed E-state index contributed by atoms with van der Waals surface area (Å²) in [5, 5.41) is 19.6. The van der Waals surface area contributed by atoms with Gasteiger partial charge in [0.15, 0.2) is 0 Å². The Morgan fingerprint density at radius 2 is 2.00 bits per heavy atom. The lowest BCUT2D eigenvalue weighted by atomic mass is 10.1. The van der Waals surface area contributed by atoms with Crippen LogP contribution in [-0.4, -0.2) is 27.7 Å². The minimum Gasteiger partial charge on any atom is -0.400 e. The molecule has 2 N–H and O–H groups in total. The predicted octanol–water partition coefficient (Wildman–Crippen LogP) is 2.21. The second-order valence-electron chi connectivity index (χ2n) is 3.19. The number of hydrogen-bond donors (Lipinski definition) is 2. The van der Waals surface area contributed by atoms with Crippen molar-refractivity contribution >= 4 is 17.3 Å². The number of aliphatic hydroxyl groups is 1. The van der Waals surface area contributed by atoms with E-state index in [1.165, 1.54) is 0 Å². The second-order valence-corrected chi connectivity index (χ2v) is 3.63. The van der Waals surface area contributed by atoms with Gasteiger partial charge in [0.2, 0.25) is 0 Å². The molecule has 0 aliphatic carbocycles. The monoisotopic (exact) mass is 251 g/mol. The highest BCUT2D eigenvalue weighted by Gasteiger charge is 2.02. The number of hydrogen-bond acceptors (Lipinski definition) is 3. The summed E-state index contributed by atoms with van der Waals surface area (Å²) < 4.78 is 1.72. The van der Waals surface area contributed by atoms with Crippen molar-refractivity contribution in [3.8, 4) is 0 Å². The van der Waals surface area contributed by atoms with Crippen LogP contribution in [0.25, 0.3) is 0 Å². The fourth-order valence-corrected chi connectivity index (χ4v) is 1.42. The molecule has 0 saturated carbocycles. The summed E-state index contributed by atoms with van der Waals surface area (Å²) in [6.07, 6.45) is 3.54. The van der Waals surface area contributed by atoms with E-state index in [0.717, 1.165) is 12.7 Å². The summed E-state index contributed by atoms with van der Waals surface area (Å²) in [4.78, 5) is 0. The van der Waals surface area contributed by atoms with Crippen LogP contribution in [0.5, 0.6) is 0 Å². The van der Waals surface area contributed by atoms with Crippen molar-refractivity contribution in [2.24, 2.45) is 0 Å². The molecule has 4 nitrogen and oxygen atoms in total. The first-order chi connectivity index (χ1) is 8.25. The lowest BCUT2D eigenvalue weighted by Crippen LogP contribution is -2.10. The van der Waals surface area contributed by atoms with E-state index in [0.29, 0.717) is 17.3 Å². The zero-order valence-electron chi connectivity index (χ0n) is 9.47. The van der Waals surface area contributed by atoms with Crippen molar-refractivity contribution in [3.63, 3.8) is 0 Å². The zero-order valence-corrected chi connectivity index (χ0v) is 10.2. The summed E-state index contributed by atoms with van der Waals surface area (Å²) in [5.41, 5.74) is 1.39. The van der Waals surface area contributed by atoms with Crippen molar-refractivity contribution in [2.45, 2.75) is 6.54 Å². The molecule has 0 aliphatic rings. The predicted molar refractivity (Wildman–Crippen MR) is 68.7 cm³/mol. The average Bonchev–Trinajstić information content (AvgIpc) is 2.85. The van der Waals surface area contributed by atoms with Gasteiger partial charge < -0.3 is 10.5 Å². The molecule has 2 rings (SSSR count). The lowest BCUT2D eigenvalue weighted by molar-refractivity contribution is 0.399. The van der Waals surface area contributed by atoms with Crippen molar-refractivity contribution in [1.82, 2.24) is 9.78 Å². The summed E-state index contributed by atoms with van der Waals surface area (Å²) in [7, 11) is 1.00. The molecule has 0 bridgehead atoms. The molecule has 1 heterocycles. The molecule has 0 fully saturated rings. The van der Waals surface area contributed by atoms with E-state index < -0.39 is 0 Å². The summed E-state index contributed by atoms with van der Waals surface area (Å²) >= 11 is 5.77. The van der Waals surface area contributed by atoms with Crippen LogP contribution >= 0.6 is 11.6 Å². The molecule has 5 heteroatoms. The normalized spacial score (nSPS) is 9.35. The molecule has 0 unspecified atom stereocenters. The summed E-state index contributed by atoms with van der Waals surface area (Å²) in [5.74, 6) is 0. The Bertz CT molecular complexity index is 451. The molecule has 90 valence electrons. The molecule has 1 aromatic heterocycles. The van der Waals surface area contributed by atoms with E-state index in [2.05, 4.69) is 5.10 Å². The number of aliphatic hydroxyl groups excluding tert-OH is 1. The van der Waals surface area contributed by atoms with Gasteiger partial charge in [0.1, 0.15) is 0 Å². The smallest absolute Gasteiger partial charge is 0.0830 e. The van der Waals surface area contributed by atoms with Crippen LogP contribution in [0.2, 0.25) is 5.02 Å². The van der Waals surface area contributed by atoms with Gasteiger partial charge in [0.05, 0.1) is 12.3 Å². The Morgan fingerprint density at radius 1 is 1.35 bits per heavy atom. The van der Waals surface area contributed by atoms with E-state index in [1.54, 1.807) is 23.0 Å². The number of nitrogens with one attached hydrogen (secondary N) is 1. The van der Waals surface area contributed by atoms with Crippen molar-refractivity contribution < 1.29 is 5.11 Å². The largest absolute Gasteiger partial charge is 0.400 e.